The Bertz CT molecular complexity index is 937. The third-order valence-electron chi connectivity index (χ3n) is 3.38. The standard InChI is InChI=1S/C18H14N2O4/c1-11(21)24-17-6-4-3-5-13(17)16-10-19-14-8-7-12(18(22)23-2)9-15(14)20-16/h3-10H,1-2H3. The molecule has 24 heavy (non-hydrogen) atoms. The minimum absolute atomic E-state index is 0.393. The van der Waals surface area contributed by atoms with Gasteiger partial charge in [-0.05, 0) is 30.3 Å². The highest BCUT2D eigenvalue weighted by molar-refractivity contribution is 5.93. The molecule has 120 valence electrons. The van der Waals surface area contributed by atoms with E-state index in [4.69, 9.17) is 9.47 Å². The first-order valence-corrected chi connectivity index (χ1v) is 7.21. The third kappa shape index (κ3) is 3.08. The van der Waals surface area contributed by atoms with Crippen LogP contribution in [0.15, 0.2) is 48.7 Å². The SMILES string of the molecule is COC(=O)c1ccc2ncc(-c3ccccc3OC(C)=O)nc2c1. The van der Waals surface area contributed by atoms with Gasteiger partial charge in [-0.25, -0.2) is 9.78 Å². The molecule has 0 radical (unpaired) electrons. The van der Waals surface area contributed by atoms with Crippen LogP contribution in [-0.4, -0.2) is 29.0 Å². The number of carbonyl (C=O) groups is 2. The second kappa shape index (κ2) is 6.45. The normalized spacial score (nSPS) is 10.4. The zero-order valence-corrected chi connectivity index (χ0v) is 13.1. The molecule has 6 nitrogen and oxygen atoms in total. The maximum atomic E-state index is 11.7. The first kappa shape index (κ1) is 15.6. The smallest absolute Gasteiger partial charge is 0.337 e. The van der Waals surface area contributed by atoms with Gasteiger partial charge >= 0.3 is 11.9 Å². The minimum Gasteiger partial charge on any atom is -0.465 e. The molecule has 0 aliphatic heterocycles. The molecule has 2 aromatic carbocycles. The van der Waals surface area contributed by atoms with E-state index in [0.717, 1.165) is 0 Å². The summed E-state index contributed by atoms with van der Waals surface area (Å²) in [4.78, 5) is 31.8. The molecule has 0 N–H and O–H groups in total. The highest BCUT2D eigenvalue weighted by atomic mass is 16.5. The Morgan fingerprint density at radius 3 is 2.58 bits per heavy atom. The van der Waals surface area contributed by atoms with Crippen LogP contribution in [0.4, 0.5) is 0 Å². The summed E-state index contributed by atoms with van der Waals surface area (Å²) in [5, 5.41) is 0. The monoisotopic (exact) mass is 322 g/mol. The summed E-state index contributed by atoms with van der Waals surface area (Å²) in [6, 6.07) is 12.0. The summed E-state index contributed by atoms with van der Waals surface area (Å²) in [6.45, 7) is 1.34. The highest BCUT2D eigenvalue weighted by Crippen LogP contribution is 2.29. The maximum absolute atomic E-state index is 11.7. The molecule has 0 aliphatic rings. The lowest BCUT2D eigenvalue weighted by molar-refractivity contribution is -0.131. The fraction of sp³-hybridized carbons (Fsp3) is 0.111. The Kier molecular flexibility index (Phi) is 4.20. The Hall–Kier alpha value is -3.28. The largest absolute Gasteiger partial charge is 0.465 e. The summed E-state index contributed by atoms with van der Waals surface area (Å²) in [6.07, 6.45) is 1.60. The number of nitrogens with zero attached hydrogens (tertiary/aromatic N) is 2. The van der Waals surface area contributed by atoms with Gasteiger partial charge in [-0.1, -0.05) is 12.1 Å². The summed E-state index contributed by atoms with van der Waals surface area (Å²) >= 11 is 0. The van der Waals surface area contributed by atoms with E-state index in [-0.39, 0.29) is 0 Å². The number of hydrogen-bond donors (Lipinski definition) is 0. The van der Waals surface area contributed by atoms with Crippen molar-refractivity contribution in [3.05, 3.63) is 54.2 Å². The third-order valence-corrected chi connectivity index (χ3v) is 3.38. The molecule has 0 aliphatic carbocycles. The number of benzene rings is 2. The van der Waals surface area contributed by atoms with Crippen molar-refractivity contribution in [2.75, 3.05) is 7.11 Å². The number of esters is 2. The lowest BCUT2D eigenvalue weighted by Crippen LogP contribution is -2.03. The van der Waals surface area contributed by atoms with Crippen molar-refractivity contribution in [1.29, 1.82) is 0 Å². The van der Waals surface area contributed by atoms with Gasteiger partial charge in [0.05, 0.1) is 35.6 Å². The van der Waals surface area contributed by atoms with E-state index in [1.165, 1.54) is 14.0 Å². The van der Waals surface area contributed by atoms with E-state index in [9.17, 15) is 9.59 Å². The van der Waals surface area contributed by atoms with Crippen molar-refractivity contribution in [2.45, 2.75) is 6.92 Å². The summed E-state index contributed by atoms with van der Waals surface area (Å²) in [5.41, 5.74) is 2.78. The molecule has 0 saturated heterocycles. The first-order valence-electron chi connectivity index (χ1n) is 7.21. The Balaban J connectivity index is 2.10. The minimum atomic E-state index is -0.440. The Labute approximate surface area is 138 Å². The fourth-order valence-corrected chi connectivity index (χ4v) is 2.31. The molecule has 0 atom stereocenters. The second-order valence-electron chi connectivity index (χ2n) is 5.04. The van der Waals surface area contributed by atoms with E-state index >= 15 is 0 Å². The van der Waals surface area contributed by atoms with Gasteiger partial charge < -0.3 is 9.47 Å². The average Bonchev–Trinajstić information content (AvgIpc) is 2.60. The molecule has 0 amide bonds. The zero-order valence-electron chi connectivity index (χ0n) is 13.1. The predicted octanol–water partition coefficient (Wildman–Crippen LogP) is 3.01. The van der Waals surface area contributed by atoms with Gasteiger partial charge in [-0.3, -0.25) is 9.78 Å². The van der Waals surface area contributed by atoms with Crippen LogP contribution in [0.3, 0.4) is 0 Å². The van der Waals surface area contributed by atoms with Crippen LogP contribution in [-0.2, 0) is 9.53 Å². The van der Waals surface area contributed by atoms with Crippen LogP contribution in [0.25, 0.3) is 22.3 Å². The molecule has 1 heterocycles. The number of ether oxygens (including phenoxy) is 2. The maximum Gasteiger partial charge on any atom is 0.337 e. The molecular formula is C18H14N2O4. The molecule has 0 saturated carbocycles. The van der Waals surface area contributed by atoms with E-state index in [0.29, 0.717) is 33.6 Å². The zero-order chi connectivity index (χ0) is 17.1. The molecule has 0 fully saturated rings. The molecular weight excluding hydrogens is 308 g/mol. The van der Waals surface area contributed by atoms with Crippen LogP contribution < -0.4 is 4.74 Å². The lowest BCUT2D eigenvalue weighted by Gasteiger charge is -2.09. The van der Waals surface area contributed by atoms with Gasteiger partial charge in [0.1, 0.15) is 5.75 Å². The molecule has 1 aromatic heterocycles. The van der Waals surface area contributed by atoms with Gasteiger partial charge in [-0.2, -0.15) is 0 Å². The number of fused-ring (bicyclic) bond motifs is 1. The lowest BCUT2D eigenvalue weighted by atomic mass is 10.1. The quantitative estimate of drug-likeness (QED) is 0.545. The Morgan fingerprint density at radius 1 is 1.04 bits per heavy atom. The predicted molar refractivity (Wildman–Crippen MR) is 87.6 cm³/mol. The number of rotatable bonds is 3. The number of para-hydroxylation sites is 1. The molecule has 0 unspecified atom stereocenters. The molecule has 6 heteroatoms. The van der Waals surface area contributed by atoms with Gasteiger partial charge in [0.2, 0.25) is 0 Å². The molecule has 3 aromatic rings. The van der Waals surface area contributed by atoms with Gasteiger partial charge in [-0.15, -0.1) is 0 Å². The van der Waals surface area contributed by atoms with Crippen LogP contribution in [0.1, 0.15) is 17.3 Å². The van der Waals surface area contributed by atoms with E-state index < -0.39 is 11.9 Å². The van der Waals surface area contributed by atoms with Crippen LogP contribution in [0.2, 0.25) is 0 Å². The number of carbonyl (C=O) groups excluding carboxylic acids is 2. The van der Waals surface area contributed by atoms with E-state index in [1.54, 1.807) is 42.6 Å². The van der Waals surface area contributed by atoms with E-state index in [1.807, 2.05) is 6.07 Å². The van der Waals surface area contributed by atoms with Gasteiger partial charge in [0.15, 0.2) is 0 Å². The summed E-state index contributed by atoms with van der Waals surface area (Å²) in [7, 11) is 1.32. The first-order chi connectivity index (χ1) is 11.6. The van der Waals surface area contributed by atoms with Crippen molar-refractivity contribution < 1.29 is 19.1 Å². The Morgan fingerprint density at radius 2 is 1.83 bits per heavy atom. The fourth-order valence-electron chi connectivity index (χ4n) is 2.31. The van der Waals surface area contributed by atoms with Crippen LogP contribution in [0, 0.1) is 0 Å². The van der Waals surface area contributed by atoms with Crippen molar-refractivity contribution in [3.63, 3.8) is 0 Å². The topological polar surface area (TPSA) is 78.4 Å². The number of methoxy groups -OCH3 is 1. The highest BCUT2D eigenvalue weighted by Gasteiger charge is 2.12. The van der Waals surface area contributed by atoms with Gasteiger partial charge in [0.25, 0.3) is 0 Å². The van der Waals surface area contributed by atoms with Crippen LogP contribution in [0.5, 0.6) is 5.75 Å². The van der Waals surface area contributed by atoms with Crippen molar-refractivity contribution in [1.82, 2.24) is 9.97 Å². The van der Waals surface area contributed by atoms with E-state index in [2.05, 4.69) is 9.97 Å². The second-order valence-corrected chi connectivity index (χ2v) is 5.04. The van der Waals surface area contributed by atoms with Crippen molar-refractivity contribution >= 4 is 23.0 Å². The average molecular weight is 322 g/mol. The molecule has 0 bridgehead atoms. The van der Waals surface area contributed by atoms with Crippen molar-refractivity contribution in [3.8, 4) is 17.0 Å². The summed E-state index contributed by atoms with van der Waals surface area (Å²) in [5.74, 6) is -0.448. The molecule has 0 spiro atoms. The number of aromatic nitrogens is 2. The number of hydrogen-bond acceptors (Lipinski definition) is 6. The van der Waals surface area contributed by atoms with Crippen LogP contribution >= 0.6 is 0 Å². The van der Waals surface area contributed by atoms with Gasteiger partial charge in [0, 0.05) is 12.5 Å². The molecule has 3 rings (SSSR count). The summed E-state index contributed by atoms with van der Waals surface area (Å²) < 4.78 is 9.93. The van der Waals surface area contributed by atoms with Crippen molar-refractivity contribution in [2.24, 2.45) is 0 Å².